The van der Waals surface area contributed by atoms with E-state index in [-0.39, 0.29) is 11.4 Å². The molecule has 31 heavy (non-hydrogen) atoms. The third-order valence-electron chi connectivity index (χ3n) is 5.16. The van der Waals surface area contributed by atoms with E-state index in [0.29, 0.717) is 28.9 Å². The van der Waals surface area contributed by atoms with Crippen molar-refractivity contribution < 1.29 is 9.53 Å². The maximum absolute atomic E-state index is 12.7. The van der Waals surface area contributed by atoms with Crippen LogP contribution in [0.3, 0.4) is 0 Å². The lowest BCUT2D eigenvalue weighted by Crippen LogP contribution is -2.28. The van der Waals surface area contributed by atoms with Crippen LogP contribution in [0, 0.1) is 0 Å². The summed E-state index contributed by atoms with van der Waals surface area (Å²) in [5.74, 6) is 1.26. The molecule has 2 aromatic carbocycles. The quantitative estimate of drug-likeness (QED) is 0.595. The molecule has 6 nitrogen and oxygen atoms in total. The summed E-state index contributed by atoms with van der Waals surface area (Å²) in [6.45, 7) is 2.52. The minimum absolute atomic E-state index is 0.279. The van der Waals surface area contributed by atoms with E-state index in [9.17, 15) is 4.79 Å². The molecule has 0 unspecified atom stereocenters. The first kappa shape index (κ1) is 20.9. The number of nitrogens with two attached hydrogens (primary N) is 1. The minimum Gasteiger partial charge on any atom is -0.487 e. The minimum atomic E-state index is -0.383. The summed E-state index contributed by atoms with van der Waals surface area (Å²) in [4.78, 5) is 21.5. The monoisotopic (exact) mass is 432 g/mol. The van der Waals surface area contributed by atoms with Crippen molar-refractivity contribution in [1.82, 2.24) is 4.98 Å². The number of thioether (sulfide) groups is 1. The molecule has 1 amide bonds. The number of ether oxygens (including phenoxy) is 1. The number of rotatable bonds is 6. The van der Waals surface area contributed by atoms with E-state index < -0.39 is 0 Å². The number of amidine groups is 1. The molecule has 0 spiro atoms. The van der Waals surface area contributed by atoms with Gasteiger partial charge in [-0.05, 0) is 48.7 Å². The van der Waals surface area contributed by atoms with Crippen LogP contribution < -0.4 is 15.8 Å². The van der Waals surface area contributed by atoms with Crippen LogP contribution in [0.4, 0.5) is 5.69 Å². The summed E-state index contributed by atoms with van der Waals surface area (Å²) in [5.41, 5.74) is 8.66. The Bertz CT molecular complexity index is 1090. The third-order valence-corrected chi connectivity index (χ3v) is 5.95. The Morgan fingerprint density at radius 1 is 1.16 bits per heavy atom. The molecule has 7 heteroatoms. The van der Waals surface area contributed by atoms with Gasteiger partial charge in [0.1, 0.15) is 18.1 Å². The number of hydrogen-bond donors (Lipinski definition) is 2. The molecule has 1 aliphatic heterocycles. The fraction of sp³-hybridized carbons (Fsp3) is 0.208. The molecule has 158 valence electrons. The molecule has 3 aromatic rings. The van der Waals surface area contributed by atoms with Gasteiger partial charge in [0.15, 0.2) is 5.17 Å². The number of benzene rings is 2. The average Bonchev–Trinajstić information content (AvgIpc) is 2.79. The largest absolute Gasteiger partial charge is 0.487 e. The van der Waals surface area contributed by atoms with Crippen molar-refractivity contribution in [3.8, 4) is 5.75 Å². The highest BCUT2D eigenvalue weighted by Gasteiger charge is 2.29. The predicted octanol–water partition coefficient (Wildman–Crippen LogP) is 4.58. The van der Waals surface area contributed by atoms with E-state index in [2.05, 4.69) is 22.2 Å². The lowest BCUT2D eigenvalue weighted by molar-refractivity contribution is 0.102. The van der Waals surface area contributed by atoms with Crippen LogP contribution in [0.5, 0.6) is 5.75 Å². The van der Waals surface area contributed by atoms with Gasteiger partial charge in [-0.1, -0.05) is 54.2 Å². The van der Waals surface area contributed by atoms with Crippen molar-refractivity contribution in [2.24, 2.45) is 10.7 Å². The zero-order valence-corrected chi connectivity index (χ0v) is 18.1. The first-order valence-electron chi connectivity index (χ1n) is 10.0. The normalized spacial score (nSPS) is 18.2. The molecular weight excluding hydrogens is 408 g/mol. The Balaban J connectivity index is 1.41. The van der Waals surface area contributed by atoms with E-state index in [0.717, 1.165) is 23.3 Å². The summed E-state index contributed by atoms with van der Waals surface area (Å²) in [6.07, 6.45) is 2.45. The zero-order chi connectivity index (χ0) is 21.7. The number of nitrogens with one attached hydrogen (secondary N) is 1. The first-order chi connectivity index (χ1) is 15.0. The van der Waals surface area contributed by atoms with Gasteiger partial charge in [-0.15, -0.1) is 0 Å². The number of anilines is 1. The van der Waals surface area contributed by atoms with E-state index in [1.165, 1.54) is 0 Å². The predicted molar refractivity (Wildman–Crippen MR) is 125 cm³/mol. The van der Waals surface area contributed by atoms with Crippen molar-refractivity contribution in [2.75, 3.05) is 11.1 Å². The Hall–Kier alpha value is -3.32. The van der Waals surface area contributed by atoms with Crippen molar-refractivity contribution in [3.63, 3.8) is 0 Å². The molecule has 1 aromatic heterocycles. The van der Waals surface area contributed by atoms with Crippen LogP contribution >= 0.6 is 11.8 Å². The standard InChI is InChI=1S/C24H24N4O2S/c1-24(12-13-31-23(25)28-24)18-8-5-9-19(14-18)27-22(29)21-11-10-20(15-26-21)30-16-17-6-3-2-4-7-17/h2-11,14-15H,12-13,16H2,1H3,(H2,25,28)(H,27,29)/t24-/m0/s1. The number of amides is 1. The SMILES string of the molecule is C[C@@]1(c2cccc(NC(=O)c3ccc(OCc4ccccc4)cn3)c2)CCSC(N)=N1. The maximum atomic E-state index is 12.7. The van der Waals surface area contributed by atoms with Crippen LogP contribution in [0.1, 0.15) is 35.0 Å². The molecule has 1 atom stereocenters. The summed E-state index contributed by atoms with van der Waals surface area (Å²) in [5, 5.41) is 3.52. The number of carbonyl (C=O) groups excluding carboxylic acids is 1. The van der Waals surface area contributed by atoms with Gasteiger partial charge in [0.05, 0.1) is 11.7 Å². The Morgan fingerprint density at radius 3 is 2.74 bits per heavy atom. The molecule has 0 saturated heterocycles. The molecule has 2 heterocycles. The number of hydrogen-bond acceptors (Lipinski definition) is 6. The fourth-order valence-electron chi connectivity index (χ4n) is 3.36. The van der Waals surface area contributed by atoms with Crippen molar-refractivity contribution in [3.05, 3.63) is 89.7 Å². The molecule has 0 fully saturated rings. The van der Waals surface area contributed by atoms with Gasteiger partial charge in [0.2, 0.25) is 0 Å². The van der Waals surface area contributed by atoms with E-state index in [4.69, 9.17) is 10.5 Å². The Kier molecular flexibility index (Phi) is 6.23. The average molecular weight is 433 g/mol. The Morgan fingerprint density at radius 2 is 2.00 bits per heavy atom. The molecule has 0 bridgehead atoms. The molecule has 0 radical (unpaired) electrons. The van der Waals surface area contributed by atoms with Gasteiger partial charge in [0.25, 0.3) is 5.91 Å². The smallest absolute Gasteiger partial charge is 0.274 e. The van der Waals surface area contributed by atoms with Gasteiger partial charge < -0.3 is 15.8 Å². The van der Waals surface area contributed by atoms with Crippen LogP contribution in [0.2, 0.25) is 0 Å². The third kappa shape index (κ3) is 5.24. The van der Waals surface area contributed by atoms with Gasteiger partial charge in [-0.2, -0.15) is 0 Å². The van der Waals surface area contributed by atoms with Crippen LogP contribution in [-0.4, -0.2) is 21.8 Å². The van der Waals surface area contributed by atoms with Crippen LogP contribution in [-0.2, 0) is 12.1 Å². The number of nitrogens with zero attached hydrogens (tertiary/aromatic N) is 2. The molecule has 0 saturated carbocycles. The second-order valence-corrected chi connectivity index (χ2v) is 8.63. The van der Waals surface area contributed by atoms with Crippen molar-refractivity contribution in [2.45, 2.75) is 25.5 Å². The second kappa shape index (κ2) is 9.22. The molecule has 0 aliphatic carbocycles. The highest BCUT2D eigenvalue weighted by Crippen LogP contribution is 2.35. The second-order valence-electron chi connectivity index (χ2n) is 7.51. The Labute approximate surface area is 185 Å². The topological polar surface area (TPSA) is 89.6 Å². The maximum Gasteiger partial charge on any atom is 0.274 e. The van der Waals surface area contributed by atoms with Crippen molar-refractivity contribution >= 4 is 28.5 Å². The van der Waals surface area contributed by atoms with E-state index in [1.807, 2.05) is 54.6 Å². The first-order valence-corrected chi connectivity index (χ1v) is 11.0. The van der Waals surface area contributed by atoms with Gasteiger partial charge in [-0.25, -0.2) is 4.98 Å². The van der Waals surface area contributed by atoms with Gasteiger partial charge in [-0.3, -0.25) is 9.79 Å². The fourth-order valence-corrected chi connectivity index (χ4v) is 4.34. The zero-order valence-electron chi connectivity index (χ0n) is 17.2. The number of carbonyl (C=O) groups is 1. The van der Waals surface area contributed by atoms with Crippen molar-refractivity contribution in [1.29, 1.82) is 0 Å². The highest BCUT2D eigenvalue weighted by atomic mass is 32.2. The molecule has 1 aliphatic rings. The van der Waals surface area contributed by atoms with E-state index in [1.54, 1.807) is 30.1 Å². The van der Waals surface area contributed by atoms with Gasteiger partial charge in [0, 0.05) is 11.4 Å². The number of aromatic nitrogens is 1. The number of pyridine rings is 1. The van der Waals surface area contributed by atoms with Crippen LogP contribution in [0.15, 0.2) is 77.9 Å². The summed E-state index contributed by atoms with van der Waals surface area (Å²) >= 11 is 1.57. The van der Waals surface area contributed by atoms with Gasteiger partial charge >= 0.3 is 0 Å². The van der Waals surface area contributed by atoms with E-state index >= 15 is 0 Å². The lowest BCUT2D eigenvalue weighted by Gasteiger charge is -2.30. The molecular formula is C24H24N4O2S. The summed E-state index contributed by atoms with van der Waals surface area (Å²) in [7, 11) is 0. The highest BCUT2D eigenvalue weighted by molar-refractivity contribution is 8.13. The number of aliphatic imine (C=N–C) groups is 1. The summed E-state index contributed by atoms with van der Waals surface area (Å²) in [6, 6.07) is 21.0. The lowest BCUT2D eigenvalue weighted by atomic mass is 9.89. The van der Waals surface area contributed by atoms with Crippen LogP contribution in [0.25, 0.3) is 0 Å². The molecule has 3 N–H and O–H groups in total. The molecule has 4 rings (SSSR count). The summed E-state index contributed by atoms with van der Waals surface area (Å²) < 4.78 is 5.73.